The molecule has 2 N–H and O–H groups in total. The summed E-state index contributed by atoms with van der Waals surface area (Å²) in [6, 6.07) is 5.95. The van der Waals surface area contributed by atoms with Gasteiger partial charge >= 0.3 is 0 Å². The molecular weight excluding hydrogens is 268 g/mol. The van der Waals surface area contributed by atoms with Gasteiger partial charge < -0.3 is 15.2 Å². The number of carbonyl (C=O) groups is 1. The lowest BCUT2D eigenvalue weighted by Crippen LogP contribution is -2.50. The molecule has 1 unspecified atom stereocenters. The van der Waals surface area contributed by atoms with Crippen LogP contribution < -0.4 is 5.32 Å². The molecule has 0 radical (unpaired) electrons. The normalized spacial score (nSPS) is 19.5. The number of benzene rings is 1. The van der Waals surface area contributed by atoms with Crippen LogP contribution in [-0.2, 0) is 16.0 Å². The van der Waals surface area contributed by atoms with E-state index in [9.17, 15) is 9.90 Å². The van der Waals surface area contributed by atoms with E-state index in [1.807, 2.05) is 30.0 Å². The molecule has 1 aromatic rings. The van der Waals surface area contributed by atoms with Crippen LogP contribution in [0, 0.1) is 6.92 Å². The first-order chi connectivity index (χ1) is 10.2. The van der Waals surface area contributed by atoms with E-state index in [-0.39, 0.29) is 25.1 Å². The lowest BCUT2D eigenvalue weighted by Gasteiger charge is -2.33. The third kappa shape index (κ3) is 4.03. The molecule has 5 heteroatoms. The van der Waals surface area contributed by atoms with Crippen LogP contribution in [0.5, 0.6) is 0 Å². The number of carbonyl (C=O) groups excluding carboxylic acids is 1. The fourth-order valence-electron chi connectivity index (χ4n) is 2.63. The number of hydrogen-bond donors (Lipinski definition) is 2. The van der Waals surface area contributed by atoms with Gasteiger partial charge in [-0.15, -0.1) is 0 Å². The van der Waals surface area contributed by atoms with Gasteiger partial charge in [0.05, 0.1) is 32.4 Å². The third-order valence-electron chi connectivity index (χ3n) is 3.91. The molecule has 1 aliphatic heterocycles. The van der Waals surface area contributed by atoms with Crippen LogP contribution in [0.15, 0.2) is 18.2 Å². The monoisotopic (exact) mass is 292 g/mol. The number of nitrogens with one attached hydrogen (secondary N) is 1. The molecule has 21 heavy (non-hydrogen) atoms. The van der Waals surface area contributed by atoms with Gasteiger partial charge in [0.1, 0.15) is 0 Å². The van der Waals surface area contributed by atoms with Gasteiger partial charge in [-0.25, -0.2) is 0 Å². The van der Waals surface area contributed by atoms with Crippen molar-refractivity contribution >= 4 is 11.6 Å². The van der Waals surface area contributed by atoms with E-state index in [0.717, 1.165) is 23.2 Å². The van der Waals surface area contributed by atoms with E-state index in [0.29, 0.717) is 19.8 Å². The van der Waals surface area contributed by atoms with E-state index in [2.05, 4.69) is 12.2 Å². The highest BCUT2D eigenvalue weighted by atomic mass is 16.5. The molecule has 1 heterocycles. The molecular formula is C16H24N2O3. The molecule has 1 fully saturated rings. The van der Waals surface area contributed by atoms with E-state index < -0.39 is 0 Å². The first kappa shape index (κ1) is 15.9. The van der Waals surface area contributed by atoms with Crippen molar-refractivity contribution in [2.75, 3.05) is 38.2 Å². The summed E-state index contributed by atoms with van der Waals surface area (Å²) in [6.07, 6.45) is 0.883. The largest absolute Gasteiger partial charge is 0.395 e. The molecule has 2 rings (SSSR count). The molecule has 116 valence electrons. The van der Waals surface area contributed by atoms with Gasteiger partial charge in [0.2, 0.25) is 5.91 Å². The Morgan fingerprint density at radius 2 is 2.33 bits per heavy atom. The second-order valence-electron chi connectivity index (χ2n) is 5.39. The Kier molecular flexibility index (Phi) is 5.73. The molecule has 1 amide bonds. The van der Waals surface area contributed by atoms with Gasteiger partial charge in [-0.05, 0) is 24.5 Å². The second kappa shape index (κ2) is 7.54. The number of nitrogens with zero attached hydrogens (tertiary/aromatic N) is 1. The first-order valence-electron chi connectivity index (χ1n) is 7.46. The highest BCUT2D eigenvalue weighted by Crippen LogP contribution is 2.21. The maximum Gasteiger partial charge on any atom is 0.238 e. The van der Waals surface area contributed by atoms with Crippen LogP contribution in [0.25, 0.3) is 0 Å². The van der Waals surface area contributed by atoms with Crippen LogP contribution in [0.1, 0.15) is 18.1 Å². The van der Waals surface area contributed by atoms with Crippen LogP contribution in [0.2, 0.25) is 0 Å². The zero-order valence-corrected chi connectivity index (χ0v) is 12.8. The number of anilines is 1. The highest BCUT2D eigenvalue weighted by molar-refractivity contribution is 5.93. The van der Waals surface area contributed by atoms with Gasteiger partial charge in [0, 0.05) is 12.2 Å². The van der Waals surface area contributed by atoms with E-state index in [4.69, 9.17) is 4.74 Å². The van der Waals surface area contributed by atoms with Crippen molar-refractivity contribution < 1.29 is 14.6 Å². The summed E-state index contributed by atoms with van der Waals surface area (Å²) in [4.78, 5) is 14.3. The lowest BCUT2D eigenvalue weighted by atomic mass is 10.1. The SMILES string of the molecule is CCc1cccc(C)c1NC(=O)CN1CCOCC1CO. The number of amides is 1. The molecule has 0 aromatic heterocycles. The minimum atomic E-state index is -0.0907. The van der Waals surface area contributed by atoms with Crippen molar-refractivity contribution in [3.8, 4) is 0 Å². The molecule has 0 saturated carbocycles. The van der Waals surface area contributed by atoms with Crippen LogP contribution >= 0.6 is 0 Å². The molecule has 1 aliphatic rings. The van der Waals surface area contributed by atoms with E-state index >= 15 is 0 Å². The smallest absolute Gasteiger partial charge is 0.238 e. The predicted molar refractivity (Wildman–Crippen MR) is 82.5 cm³/mol. The van der Waals surface area contributed by atoms with Crippen molar-refractivity contribution in [2.45, 2.75) is 26.3 Å². The van der Waals surface area contributed by atoms with Gasteiger partial charge in [-0.1, -0.05) is 25.1 Å². The zero-order chi connectivity index (χ0) is 15.2. The van der Waals surface area contributed by atoms with E-state index in [1.165, 1.54) is 0 Å². The maximum absolute atomic E-state index is 12.3. The van der Waals surface area contributed by atoms with Crippen LogP contribution in [0.4, 0.5) is 5.69 Å². The summed E-state index contributed by atoms with van der Waals surface area (Å²) in [5.41, 5.74) is 3.13. The number of ether oxygens (including phenoxy) is 1. The predicted octanol–water partition coefficient (Wildman–Crippen LogP) is 1.19. The summed E-state index contributed by atoms with van der Waals surface area (Å²) >= 11 is 0. The summed E-state index contributed by atoms with van der Waals surface area (Å²) in [5, 5.41) is 12.4. The average Bonchev–Trinajstić information content (AvgIpc) is 2.49. The number of morpholine rings is 1. The minimum Gasteiger partial charge on any atom is -0.395 e. The molecule has 5 nitrogen and oxygen atoms in total. The number of aryl methyl sites for hydroxylation is 2. The van der Waals surface area contributed by atoms with Crippen LogP contribution in [-0.4, -0.2) is 54.9 Å². The summed E-state index contributed by atoms with van der Waals surface area (Å²) in [7, 11) is 0. The summed E-state index contributed by atoms with van der Waals surface area (Å²) in [5.74, 6) is -0.0423. The quantitative estimate of drug-likeness (QED) is 0.856. The van der Waals surface area contributed by atoms with Crippen molar-refractivity contribution in [2.24, 2.45) is 0 Å². The number of hydrogen-bond acceptors (Lipinski definition) is 4. The first-order valence-corrected chi connectivity index (χ1v) is 7.46. The molecule has 0 spiro atoms. The number of para-hydroxylation sites is 1. The van der Waals surface area contributed by atoms with Gasteiger partial charge in [0.15, 0.2) is 0 Å². The summed E-state index contributed by atoms with van der Waals surface area (Å²) in [6.45, 7) is 6.13. The van der Waals surface area contributed by atoms with Crippen molar-refractivity contribution in [1.29, 1.82) is 0 Å². The fourth-order valence-corrected chi connectivity index (χ4v) is 2.63. The Labute approximate surface area is 125 Å². The summed E-state index contributed by atoms with van der Waals surface area (Å²) < 4.78 is 5.33. The Morgan fingerprint density at radius 3 is 3.05 bits per heavy atom. The number of rotatable bonds is 5. The van der Waals surface area contributed by atoms with Gasteiger partial charge in [0.25, 0.3) is 0 Å². The molecule has 0 aliphatic carbocycles. The molecule has 1 atom stereocenters. The zero-order valence-electron chi connectivity index (χ0n) is 12.8. The van der Waals surface area contributed by atoms with Crippen LogP contribution in [0.3, 0.4) is 0 Å². The highest BCUT2D eigenvalue weighted by Gasteiger charge is 2.24. The number of aliphatic hydroxyl groups excluding tert-OH is 1. The standard InChI is InChI=1S/C16H24N2O3/c1-3-13-6-4-5-12(2)16(13)17-15(20)9-18-7-8-21-11-14(18)10-19/h4-6,14,19H,3,7-11H2,1-2H3,(H,17,20). The third-order valence-corrected chi connectivity index (χ3v) is 3.91. The average molecular weight is 292 g/mol. The Bertz CT molecular complexity index is 490. The van der Waals surface area contributed by atoms with Crippen molar-refractivity contribution in [3.05, 3.63) is 29.3 Å². The molecule has 1 aromatic carbocycles. The Balaban J connectivity index is 2.01. The molecule has 0 bridgehead atoms. The van der Waals surface area contributed by atoms with Crippen molar-refractivity contribution in [1.82, 2.24) is 4.90 Å². The van der Waals surface area contributed by atoms with E-state index in [1.54, 1.807) is 0 Å². The van der Waals surface area contributed by atoms with Crippen molar-refractivity contribution in [3.63, 3.8) is 0 Å². The second-order valence-corrected chi connectivity index (χ2v) is 5.39. The van der Waals surface area contributed by atoms with Gasteiger partial charge in [-0.3, -0.25) is 9.69 Å². The maximum atomic E-state index is 12.3. The molecule has 1 saturated heterocycles. The number of aliphatic hydroxyl groups is 1. The topological polar surface area (TPSA) is 61.8 Å². The Morgan fingerprint density at radius 1 is 1.52 bits per heavy atom. The lowest BCUT2D eigenvalue weighted by molar-refractivity contribution is -0.120. The Hall–Kier alpha value is -1.43. The van der Waals surface area contributed by atoms with Gasteiger partial charge in [-0.2, -0.15) is 0 Å². The fraction of sp³-hybridized carbons (Fsp3) is 0.562. The minimum absolute atomic E-state index is 0.0118.